The van der Waals surface area contributed by atoms with Crippen LogP contribution in [0.4, 0.5) is 5.69 Å². The molecule has 0 bridgehead atoms. The highest BCUT2D eigenvalue weighted by atomic mass is 16.2. The van der Waals surface area contributed by atoms with Crippen molar-refractivity contribution in [1.82, 2.24) is 4.98 Å². The Hall–Kier alpha value is -3.20. The number of aromatic nitrogens is 1. The standard InChI is InChI=1S/C21H18N2O/c24-21(14-13-18-8-3-1-4-9-18)23(20-11-5-2-6-12-20)17-19-10-7-15-22-16-19/h1-16H,17H2/b14-13+. The molecule has 1 aromatic heterocycles. The van der Waals surface area contributed by atoms with Gasteiger partial charge in [0.25, 0.3) is 5.91 Å². The predicted molar refractivity (Wildman–Crippen MR) is 97.3 cm³/mol. The molecule has 0 saturated carbocycles. The molecule has 0 N–H and O–H groups in total. The van der Waals surface area contributed by atoms with Gasteiger partial charge in [0.1, 0.15) is 0 Å². The van der Waals surface area contributed by atoms with Gasteiger partial charge >= 0.3 is 0 Å². The van der Waals surface area contributed by atoms with E-state index in [1.165, 1.54) is 0 Å². The number of amides is 1. The summed E-state index contributed by atoms with van der Waals surface area (Å²) in [5, 5.41) is 0. The van der Waals surface area contributed by atoms with E-state index < -0.39 is 0 Å². The third-order valence-electron chi connectivity index (χ3n) is 3.62. The van der Waals surface area contributed by atoms with Crippen LogP contribution in [0.1, 0.15) is 11.1 Å². The van der Waals surface area contributed by atoms with Gasteiger partial charge in [0.2, 0.25) is 0 Å². The molecule has 24 heavy (non-hydrogen) atoms. The molecule has 3 nitrogen and oxygen atoms in total. The van der Waals surface area contributed by atoms with E-state index in [1.807, 2.05) is 78.9 Å². The van der Waals surface area contributed by atoms with Crippen molar-refractivity contribution in [3.8, 4) is 0 Å². The van der Waals surface area contributed by atoms with Crippen LogP contribution in [-0.4, -0.2) is 10.9 Å². The van der Waals surface area contributed by atoms with Gasteiger partial charge in [0.05, 0.1) is 6.54 Å². The summed E-state index contributed by atoms with van der Waals surface area (Å²) >= 11 is 0. The molecule has 0 unspecified atom stereocenters. The van der Waals surface area contributed by atoms with Gasteiger partial charge in [-0.05, 0) is 35.4 Å². The first-order valence-electron chi connectivity index (χ1n) is 7.81. The summed E-state index contributed by atoms with van der Waals surface area (Å²) in [5.41, 5.74) is 2.85. The van der Waals surface area contributed by atoms with Crippen molar-refractivity contribution in [2.75, 3.05) is 4.90 Å². The molecule has 1 amide bonds. The highest BCUT2D eigenvalue weighted by Crippen LogP contribution is 2.17. The second kappa shape index (κ2) is 7.88. The number of nitrogens with zero attached hydrogens (tertiary/aromatic N) is 2. The summed E-state index contributed by atoms with van der Waals surface area (Å²) in [7, 11) is 0. The molecular weight excluding hydrogens is 296 g/mol. The molecule has 3 rings (SSSR count). The summed E-state index contributed by atoms with van der Waals surface area (Å²) < 4.78 is 0. The SMILES string of the molecule is O=C(/C=C/c1ccccc1)N(Cc1cccnc1)c1ccccc1. The van der Waals surface area contributed by atoms with Gasteiger partial charge in [-0.3, -0.25) is 9.78 Å². The Kier molecular flexibility index (Phi) is 5.15. The second-order valence-electron chi connectivity index (χ2n) is 5.37. The Morgan fingerprint density at radius 1 is 0.917 bits per heavy atom. The van der Waals surface area contributed by atoms with E-state index in [9.17, 15) is 4.79 Å². The lowest BCUT2D eigenvalue weighted by Gasteiger charge is -2.21. The smallest absolute Gasteiger partial charge is 0.251 e. The van der Waals surface area contributed by atoms with E-state index in [1.54, 1.807) is 23.4 Å². The minimum Gasteiger partial charge on any atom is -0.304 e. The predicted octanol–water partition coefficient (Wildman–Crippen LogP) is 4.33. The minimum absolute atomic E-state index is 0.0612. The van der Waals surface area contributed by atoms with Crippen LogP contribution in [0.3, 0.4) is 0 Å². The Balaban J connectivity index is 1.84. The number of benzene rings is 2. The molecule has 1 heterocycles. The summed E-state index contributed by atoms with van der Waals surface area (Å²) in [6.45, 7) is 0.482. The number of para-hydroxylation sites is 1. The molecule has 0 saturated heterocycles. The van der Waals surface area contributed by atoms with Gasteiger partial charge in [-0.2, -0.15) is 0 Å². The van der Waals surface area contributed by atoms with E-state index >= 15 is 0 Å². The molecule has 0 aliphatic rings. The van der Waals surface area contributed by atoms with E-state index in [0.717, 1.165) is 16.8 Å². The lowest BCUT2D eigenvalue weighted by Crippen LogP contribution is -2.28. The Morgan fingerprint density at radius 3 is 2.29 bits per heavy atom. The van der Waals surface area contributed by atoms with Crippen molar-refractivity contribution in [2.24, 2.45) is 0 Å². The summed E-state index contributed by atoms with van der Waals surface area (Å²) in [4.78, 5) is 18.6. The van der Waals surface area contributed by atoms with Gasteiger partial charge in [0.15, 0.2) is 0 Å². The molecule has 0 spiro atoms. The van der Waals surface area contributed by atoms with Crippen LogP contribution in [-0.2, 0) is 11.3 Å². The van der Waals surface area contributed by atoms with Crippen LogP contribution < -0.4 is 4.90 Å². The molecule has 0 aliphatic heterocycles. The first-order chi connectivity index (χ1) is 11.8. The highest BCUT2D eigenvalue weighted by molar-refractivity contribution is 6.03. The van der Waals surface area contributed by atoms with Gasteiger partial charge < -0.3 is 4.90 Å². The summed E-state index contributed by atoms with van der Waals surface area (Å²) in [6.07, 6.45) is 6.96. The number of hydrogen-bond donors (Lipinski definition) is 0. The number of carbonyl (C=O) groups is 1. The maximum Gasteiger partial charge on any atom is 0.251 e. The second-order valence-corrected chi connectivity index (χ2v) is 5.37. The topological polar surface area (TPSA) is 33.2 Å². The monoisotopic (exact) mass is 314 g/mol. The zero-order chi connectivity index (χ0) is 16.6. The van der Waals surface area contributed by atoms with Crippen LogP contribution in [0.2, 0.25) is 0 Å². The summed E-state index contributed by atoms with van der Waals surface area (Å²) in [5.74, 6) is -0.0612. The normalized spacial score (nSPS) is 10.7. The zero-order valence-electron chi connectivity index (χ0n) is 13.2. The van der Waals surface area contributed by atoms with Crippen LogP contribution in [0, 0.1) is 0 Å². The van der Waals surface area contributed by atoms with Crippen molar-refractivity contribution < 1.29 is 4.79 Å². The molecule has 118 valence electrons. The third kappa shape index (κ3) is 4.17. The molecule has 0 aliphatic carbocycles. The highest BCUT2D eigenvalue weighted by Gasteiger charge is 2.13. The minimum atomic E-state index is -0.0612. The fourth-order valence-corrected chi connectivity index (χ4v) is 2.40. The van der Waals surface area contributed by atoms with Gasteiger partial charge in [-0.1, -0.05) is 54.6 Å². The molecule has 0 fully saturated rings. The number of rotatable bonds is 5. The molecule has 3 heteroatoms. The van der Waals surface area contributed by atoms with E-state index in [-0.39, 0.29) is 5.91 Å². The average molecular weight is 314 g/mol. The van der Waals surface area contributed by atoms with E-state index in [2.05, 4.69) is 4.98 Å². The van der Waals surface area contributed by atoms with Crippen molar-refractivity contribution in [3.63, 3.8) is 0 Å². The van der Waals surface area contributed by atoms with Crippen LogP contribution >= 0.6 is 0 Å². The number of carbonyl (C=O) groups excluding carboxylic acids is 1. The maximum absolute atomic E-state index is 12.7. The van der Waals surface area contributed by atoms with Crippen LogP contribution in [0.15, 0.2) is 91.3 Å². The Morgan fingerprint density at radius 2 is 1.62 bits per heavy atom. The third-order valence-corrected chi connectivity index (χ3v) is 3.62. The molecule has 3 aromatic rings. The fourth-order valence-electron chi connectivity index (χ4n) is 2.40. The largest absolute Gasteiger partial charge is 0.304 e. The lowest BCUT2D eigenvalue weighted by molar-refractivity contribution is -0.114. The fraction of sp³-hybridized carbons (Fsp3) is 0.0476. The van der Waals surface area contributed by atoms with Crippen LogP contribution in [0.5, 0.6) is 0 Å². The van der Waals surface area contributed by atoms with E-state index in [4.69, 9.17) is 0 Å². The maximum atomic E-state index is 12.7. The van der Waals surface area contributed by atoms with Gasteiger partial charge in [-0.15, -0.1) is 0 Å². The van der Waals surface area contributed by atoms with Crippen molar-refractivity contribution >= 4 is 17.7 Å². The Bertz CT molecular complexity index is 799. The molecular formula is C21H18N2O. The lowest BCUT2D eigenvalue weighted by atomic mass is 10.2. The molecule has 0 radical (unpaired) electrons. The van der Waals surface area contributed by atoms with Crippen molar-refractivity contribution in [1.29, 1.82) is 0 Å². The molecule has 0 atom stereocenters. The van der Waals surface area contributed by atoms with Gasteiger partial charge in [0, 0.05) is 24.2 Å². The first kappa shape index (κ1) is 15.7. The van der Waals surface area contributed by atoms with Crippen molar-refractivity contribution in [2.45, 2.75) is 6.54 Å². The number of pyridine rings is 1. The molecule has 2 aromatic carbocycles. The summed E-state index contributed by atoms with van der Waals surface area (Å²) in [6, 6.07) is 23.3. The first-order valence-corrected chi connectivity index (χ1v) is 7.81. The van der Waals surface area contributed by atoms with Crippen LogP contribution in [0.25, 0.3) is 6.08 Å². The average Bonchev–Trinajstić information content (AvgIpc) is 2.66. The zero-order valence-corrected chi connectivity index (χ0v) is 13.2. The van der Waals surface area contributed by atoms with Crippen molar-refractivity contribution in [3.05, 3.63) is 102 Å². The quantitative estimate of drug-likeness (QED) is 0.657. The number of anilines is 1. The van der Waals surface area contributed by atoms with E-state index in [0.29, 0.717) is 6.54 Å². The Labute approximate surface area is 141 Å². The number of hydrogen-bond acceptors (Lipinski definition) is 2. The van der Waals surface area contributed by atoms with Gasteiger partial charge in [-0.25, -0.2) is 0 Å².